The number of hydrogen-bond donors (Lipinski definition) is 2. The number of aryl methyl sites for hydroxylation is 1. The molecule has 1 heterocycles. The van der Waals surface area contributed by atoms with Crippen molar-refractivity contribution in [2.24, 2.45) is 0 Å². The quantitative estimate of drug-likeness (QED) is 0.305. The molecule has 7 nitrogen and oxygen atoms in total. The number of carboxylic acids is 1. The second-order valence-corrected chi connectivity index (χ2v) is 10.4. The van der Waals surface area contributed by atoms with E-state index in [0.29, 0.717) is 12.3 Å². The normalized spacial score (nSPS) is 12.1. The van der Waals surface area contributed by atoms with Crippen LogP contribution in [0.5, 0.6) is 5.75 Å². The molecule has 37 heavy (non-hydrogen) atoms. The van der Waals surface area contributed by atoms with Gasteiger partial charge in [-0.15, -0.1) is 5.92 Å². The second kappa shape index (κ2) is 11.3. The Bertz CT molecular complexity index is 1560. The lowest BCUT2D eigenvalue weighted by Crippen LogP contribution is -2.42. The summed E-state index contributed by atoms with van der Waals surface area (Å²) in [5, 5.41) is 10.8. The van der Waals surface area contributed by atoms with Crippen molar-refractivity contribution in [1.82, 2.24) is 9.29 Å². The summed E-state index contributed by atoms with van der Waals surface area (Å²) in [6.45, 7) is 4.48. The number of nitrogens with zero attached hydrogens (tertiary/aromatic N) is 1. The Balaban J connectivity index is 1.59. The molecule has 190 valence electrons. The van der Waals surface area contributed by atoms with Gasteiger partial charge in [-0.2, -0.15) is 4.72 Å². The number of carbonyl (C=O) groups is 1. The van der Waals surface area contributed by atoms with Gasteiger partial charge in [0, 0.05) is 30.1 Å². The molecule has 0 fully saturated rings. The van der Waals surface area contributed by atoms with Crippen molar-refractivity contribution in [1.29, 1.82) is 0 Å². The molecule has 0 aliphatic rings. The van der Waals surface area contributed by atoms with E-state index in [2.05, 4.69) is 21.1 Å². The van der Waals surface area contributed by atoms with Crippen LogP contribution in [0.2, 0.25) is 0 Å². The van der Waals surface area contributed by atoms with Gasteiger partial charge < -0.3 is 14.4 Å². The molecule has 3 aromatic carbocycles. The Morgan fingerprint density at radius 1 is 1.08 bits per heavy atom. The predicted molar refractivity (Wildman–Crippen MR) is 143 cm³/mol. The minimum atomic E-state index is -4.09. The van der Waals surface area contributed by atoms with E-state index in [1.807, 2.05) is 61.7 Å². The van der Waals surface area contributed by atoms with Crippen molar-refractivity contribution in [2.75, 3.05) is 6.61 Å². The number of ether oxygens (including phenoxy) is 1. The topological polar surface area (TPSA) is 97.6 Å². The van der Waals surface area contributed by atoms with Crippen LogP contribution in [-0.2, 0) is 27.8 Å². The Morgan fingerprint density at radius 2 is 1.81 bits per heavy atom. The van der Waals surface area contributed by atoms with Crippen molar-refractivity contribution in [2.45, 2.75) is 37.8 Å². The zero-order valence-corrected chi connectivity index (χ0v) is 21.5. The highest BCUT2D eigenvalue weighted by molar-refractivity contribution is 7.89. The first-order chi connectivity index (χ1) is 17.8. The van der Waals surface area contributed by atoms with Crippen LogP contribution < -0.4 is 9.46 Å². The van der Waals surface area contributed by atoms with E-state index in [4.69, 9.17) is 4.74 Å². The molecule has 4 aromatic rings. The minimum Gasteiger partial charge on any atom is -0.481 e. The third-order valence-corrected chi connectivity index (χ3v) is 7.44. The number of carboxylic acid groups (broad SMARTS) is 1. The molecule has 0 unspecified atom stereocenters. The van der Waals surface area contributed by atoms with E-state index in [9.17, 15) is 18.3 Å². The van der Waals surface area contributed by atoms with Gasteiger partial charge in [0.25, 0.3) is 0 Å². The summed E-state index contributed by atoms with van der Waals surface area (Å²) in [6, 6.07) is 20.4. The van der Waals surface area contributed by atoms with Gasteiger partial charge in [-0.1, -0.05) is 47.9 Å². The highest BCUT2D eigenvalue weighted by Gasteiger charge is 2.27. The van der Waals surface area contributed by atoms with E-state index in [-0.39, 0.29) is 17.9 Å². The third kappa shape index (κ3) is 6.39. The summed E-state index contributed by atoms with van der Waals surface area (Å²) in [5.74, 6) is 4.70. The average molecular weight is 517 g/mol. The second-order valence-electron chi connectivity index (χ2n) is 8.69. The number of rotatable bonds is 10. The molecule has 0 aliphatic carbocycles. The van der Waals surface area contributed by atoms with Gasteiger partial charge in [0.05, 0.1) is 4.90 Å². The van der Waals surface area contributed by atoms with Gasteiger partial charge in [0.15, 0.2) is 0 Å². The smallest absolute Gasteiger partial charge is 0.322 e. The largest absolute Gasteiger partial charge is 0.481 e. The van der Waals surface area contributed by atoms with E-state index < -0.39 is 22.0 Å². The Kier molecular flexibility index (Phi) is 7.97. The minimum absolute atomic E-state index is 0.00676. The monoisotopic (exact) mass is 516 g/mol. The summed E-state index contributed by atoms with van der Waals surface area (Å²) in [6.07, 6.45) is 1.90. The maximum absolute atomic E-state index is 13.0. The zero-order chi connectivity index (χ0) is 26.4. The summed E-state index contributed by atoms with van der Waals surface area (Å²) >= 11 is 0. The van der Waals surface area contributed by atoms with E-state index in [1.54, 1.807) is 6.92 Å². The fraction of sp³-hybridized carbons (Fsp3) is 0.207. The molecule has 0 bridgehead atoms. The van der Waals surface area contributed by atoms with Crippen molar-refractivity contribution >= 4 is 26.9 Å². The van der Waals surface area contributed by atoms with Gasteiger partial charge in [0.2, 0.25) is 10.0 Å². The predicted octanol–water partition coefficient (Wildman–Crippen LogP) is 4.37. The molecule has 8 heteroatoms. The molecule has 1 atom stereocenters. The summed E-state index contributed by atoms with van der Waals surface area (Å²) in [4.78, 5) is 12.1. The lowest BCUT2D eigenvalue weighted by Gasteiger charge is -2.15. The molecule has 0 saturated heterocycles. The number of fused-ring (bicyclic) bond motifs is 1. The number of nitrogens with one attached hydrogen (secondary N) is 1. The van der Waals surface area contributed by atoms with Crippen molar-refractivity contribution in [3.05, 3.63) is 95.7 Å². The third-order valence-electron chi connectivity index (χ3n) is 5.96. The number of hydrogen-bond acceptors (Lipinski definition) is 4. The first-order valence-electron chi connectivity index (χ1n) is 11.8. The molecule has 4 rings (SSSR count). The molecular formula is C29H28N2O5S. The molecule has 2 N–H and O–H groups in total. The lowest BCUT2D eigenvalue weighted by molar-refractivity contribution is -0.138. The SMILES string of the molecule is CC#CCOc1ccc(S(=O)(=O)N[C@@H](Cc2cn(Cc3ccccc3)c3ccc(C)cc23)C(=O)O)cc1. The average Bonchev–Trinajstić information content (AvgIpc) is 3.20. The molecule has 0 saturated carbocycles. The zero-order valence-electron chi connectivity index (χ0n) is 20.6. The molecule has 0 spiro atoms. The van der Waals surface area contributed by atoms with E-state index in [1.165, 1.54) is 24.3 Å². The van der Waals surface area contributed by atoms with E-state index >= 15 is 0 Å². The number of aliphatic carboxylic acids is 1. The van der Waals surface area contributed by atoms with Crippen molar-refractivity contribution in [3.63, 3.8) is 0 Å². The summed E-state index contributed by atoms with van der Waals surface area (Å²) in [5.41, 5.74) is 3.85. The Hall–Kier alpha value is -4.06. The molecule has 0 radical (unpaired) electrons. The fourth-order valence-electron chi connectivity index (χ4n) is 4.12. The summed E-state index contributed by atoms with van der Waals surface area (Å²) in [7, 11) is -4.09. The molecule has 0 aliphatic heterocycles. The first-order valence-corrected chi connectivity index (χ1v) is 13.2. The van der Waals surface area contributed by atoms with Crippen LogP contribution in [0.4, 0.5) is 0 Å². The van der Waals surface area contributed by atoms with Gasteiger partial charge >= 0.3 is 5.97 Å². The lowest BCUT2D eigenvalue weighted by atomic mass is 10.0. The molecular weight excluding hydrogens is 488 g/mol. The van der Waals surface area contributed by atoms with Gasteiger partial charge in [-0.25, -0.2) is 8.42 Å². The van der Waals surface area contributed by atoms with Gasteiger partial charge in [-0.3, -0.25) is 4.79 Å². The first kappa shape index (κ1) is 26.0. The van der Waals surface area contributed by atoms with Crippen LogP contribution in [0, 0.1) is 18.8 Å². The maximum Gasteiger partial charge on any atom is 0.322 e. The van der Waals surface area contributed by atoms with Gasteiger partial charge in [-0.05, 0) is 61.4 Å². The van der Waals surface area contributed by atoms with E-state index in [0.717, 1.165) is 27.6 Å². The molecule has 1 aromatic heterocycles. The van der Waals surface area contributed by atoms with Crippen LogP contribution in [0.15, 0.2) is 83.9 Å². The number of benzene rings is 3. The van der Waals surface area contributed by atoms with Crippen LogP contribution in [-0.4, -0.2) is 36.7 Å². The standard InChI is InChI=1S/C29H28N2O5S/c1-3-4-16-36-24-11-13-25(14-12-24)37(34,35)30-27(29(32)33)18-23-20-31(19-22-8-6-5-7-9-22)28-15-10-21(2)17-26(23)28/h5-15,17,20,27,30H,16,18-19H2,1-2H3,(H,32,33)/t27-/m0/s1. The Morgan fingerprint density at radius 3 is 2.49 bits per heavy atom. The van der Waals surface area contributed by atoms with Gasteiger partial charge in [0.1, 0.15) is 18.4 Å². The van der Waals surface area contributed by atoms with Crippen LogP contribution in [0.1, 0.15) is 23.6 Å². The van der Waals surface area contributed by atoms with Crippen LogP contribution in [0.25, 0.3) is 10.9 Å². The van der Waals surface area contributed by atoms with Crippen molar-refractivity contribution < 1.29 is 23.1 Å². The molecule has 0 amide bonds. The van der Waals surface area contributed by atoms with Crippen molar-refractivity contribution in [3.8, 4) is 17.6 Å². The highest BCUT2D eigenvalue weighted by atomic mass is 32.2. The van der Waals surface area contributed by atoms with Crippen LogP contribution in [0.3, 0.4) is 0 Å². The van der Waals surface area contributed by atoms with Crippen LogP contribution >= 0.6 is 0 Å². The fourth-order valence-corrected chi connectivity index (χ4v) is 5.31. The highest BCUT2D eigenvalue weighted by Crippen LogP contribution is 2.26. The number of sulfonamides is 1. The number of aromatic nitrogens is 1. The maximum atomic E-state index is 13.0. The summed E-state index contributed by atoms with van der Waals surface area (Å²) < 4.78 is 35.9. The Labute approximate surface area is 216 Å².